The van der Waals surface area contributed by atoms with Crippen LogP contribution in [0.3, 0.4) is 0 Å². The van der Waals surface area contributed by atoms with Gasteiger partial charge in [-0.2, -0.15) is 4.31 Å². The molecule has 0 amide bonds. The Hall–Kier alpha value is -3.81. The molecule has 0 fully saturated rings. The molecule has 1 aliphatic heterocycles. The van der Waals surface area contributed by atoms with Crippen LogP contribution in [0.4, 0.5) is 5.69 Å². The van der Waals surface area contributed by atoms with Gasteiger partial charge in [0.2, 0.25) is 10.0 Å². The smallest absolute Gasteiger partial charge is 0.247 e. The number of sulfonamides is 1. The van der Waals surface area contributed by atoms with Gasteiger partial charge in [0.05, 0.1) is 12.8 Å². The van der Waals surface area contributed by atoms with E-state index in [4.69, 9.17) is 9.47 Å². The highest BCUT2D eigenvalue weighted by Crippen LogP contribution is 2.41. The molecule has 0 radical (unpaired) electrons. The molecule has 0 saturated carbocycles. The van der Waals surface area contributed by atoms with Crippen LogP contribution in [0.5, 0.6) is 11.5 Å². The van der Waals surface area contributed by atoms with E-state index in [0.717, 1.165) is 16.7 Å². The highest BCUT2D eigenvalue weighted by atomic mass is 32.2. The zero-order chi connectivity index (χ0) is 24.3. The number of nitrogens with one attached hydrogen (secondary N) is 1. The van der Waals surface area contributed by atoms with Crippen molar-refractivity contribution in [3.05, 3.63) is 120 Å². The molecule has 35 heavy (non-hydrogen) atoms. The molecule has 7 heteroatoms. The average Bonchev–Trinajstić information content (AvgIpc) is 2.90. The highest BCUT2D eigenvalue weighted by Gasteiger charge is 2.39. The minimum atomic E-state index is -3.76. The Bertz CT molecular complexity index is 1410. The Morgan fingerprint density at radius 3 is 2.17 bits per heavy atom. The van der Waals surface area contributed by atoms with Gasteiger partial charge in [-0.1, -0.05) is 78.9 Å². The SMILES string of the molecule is COc1cc([C@@H]2Nc3ccccc3S(=O)(=O)N2Cc2ccccc2)ccc1OCc1ccccc1. The predicted molar refractivity (Wildman–Crippen MR) is 136 cm³/mol. The topological polar surface area (TPSA) is 67.9 Å². The van der Waals surface area contributed by atoms with Crippen molar-refractivity contribution in [3.63, 3.8) is 0 Å². The number of rotatable bonds is 7. The van der Waals surface area contributed by atoms with E-state index in [9.17, 15) is 8.42 Å². The van der Waals surface area contributed by atoms with E-state index in [1.165, 1.54) is 4.31 Å². The molecule has 1 aliphatic rings. The first-order valence-electron chi connectivity index (χ1n) is 11.3. The summed E-state index contributed by atoms with van der Waals surface area (Å²) < 4.78 is 40.5. The van der Waals surface area contributed by atoms with Crippen molar-refractivity contribution in [1.29, 1.82) is 0 Å². The molecule has 0 unspecified atom stereocenters. The largest absolute Gasteiger partial charge is 0.493 e. The molecule has 1 N–H and O–H groups in total. The second-order valence-electron chi connectivity index (χ2n) is 8.26. The standard InChI is InChI=1S/C28H26N2O4S/c1-33-26-18-23(16-17-25(26)34-20-22-12-6-3-7-13-22)28-29-24-14-8-9-15-27(24)35(31,32)30(28)19-21-10-4-2-5-11-21/h2-18,28-29H,19-20H2,1H3/t28-/m1/s1. The Kier molecular flexibility index (Phi) is 6.44. The maximum atomic E-state index is 13.7. The average molecular weight is 487 g/mol. The number of methoxy groups -OCH3 is 1. The first kappa shape index (κ1) is 23.0. The van der Waals surface area contributed by atoms with E-state index in [1.54, 1.807) is 25.3 Å². The fourth-order valence-corrected chi connectivity index (χ4v) is 5.87. The fraction of sp³-hybridized carbons (Fsp3) is 0.143. The van der Waals surface area contributed by atoms with Gasteiger partial charge >= 0.3 is 0 Å². The monoisotopic (exact) mass is 486 g/mol. The lowest BCUT2D eigenvalue weighted by Gasteiger charge is -2.37. The summed E-state index contributed by atoms with van der Waals surface area (Å²) in [5, 5.41) is 3.42. The van der Waals surface area contributed by atoms with Crippen LogP contribution in [0.1, 0.15) is 22.9 Å². The summed E-state index contributed by atoms with van der Waals surface area (Å²) >= 11 is 0. The minimum Gasteiger partial charge on any atom is -0.493 e. The van der Waals surface area contributed by atoms with Gasteiger partial charge in [0.1, 0.15) is 17.7 Å². The maximum Gasteiger partial charge on any atom is 0.247 e. The Labute approximate surface area is 205 Å². The molecule has 178 valence electrons. The predicted octanol–water partition coefficient (Wildman–Crippen LogP) is 5.59. The number of fused-ring (bicyclic) bond motifs is 1. The quantitative estimate of drug-likeness (QED) is 0.369. The molecular weight excluding hydrogens is 460 g/mol. The maximum absolute atomic E-state index is 13.7. The van der Waals surface area contributed by atoms with Crippen molar-refractivity contribution in [2.75, 3.05) is 12.4 Å². The third-order valence-corrected chi connectivity index (χ3v) is 7.84. The molecule has 1 atom stereocenters. The summed E-state index contributed by atoms with van der Waals surface area (Å²) in [6.45, 7) is 0.629. The Balaban J connectivity index is 1.50. The first-order chi connectivity index (χ1) is 17.1. The second-order valence-corrected chi connectivity index (χ2v) is 10.1. The van der Waals surface area contributed by atoms with E-state index >= 15 is 0 Å². The minimum absolute atomic E-state index is 0.226. The zero-order valence-corrected chi connectivity index (χ0v) is 20.1. The lowest BCUT2D eigenvalue weighted by molar-refractivity contribution is 0.283. The molecule has 0 aromatic heterocycles. The van der Waals surface area contributed by atoms with Crippen LogP contribution < -0.4 is 14.8 Å². The molecule has 0 saturated heterocycles. The number of hydrogen-bond acceptors (Lipinski definition) is 5. The van der Waals surface area contributed by atoms with Crippen LogP contribution in [0, 0.1) is 0 Å². The van der Waals surface area contributed by atoms with Crippen molar-refractivity contribution >= 4 is 15.7 Å². The summed E-state index contributed by atoms with van der Waals surface area (Å²) in [4.78, 5) is 0.266. The van der Waals surface area contributed by atoms with Crippen molar-refractivity contribution in [1.82, 2.24) is 4.31 Å². The van der Waals surface area contributed by atoms with Crippen LogP contribution in [-0.4, -0.2) is 19.8 Å². The van der Waals surface area contributed by atoms with Crippen LogP contribution in [-0.2, 0) is 23.2 Å². The van der Waals surface area contributed by atoms with Gasteiger partial charge in [0, 0.05) is 6.54 Å². The molecule has 4 aromatic carbocycles. The summed E-state index contributed by atoms with van der Waals surface area (Å²) in [6.07, 6.45) is -0.618. The van der Waals surface area contributed by atoms with Gasteiger partial charge in [0.25, 0.3) is 0 Å². The Morgan fingerprint density at radius 2 is 1.46 bits per heavy atom. The number of benzene rings is 4. The Morgan fingerprint density at radius 1 is 0.800 bits per heavy atom. The molecule has 0 aliphatic carbocycles. The van der Waals surface area contributed by atoms with E-state index in [2.05, 4.69) is 5.32 Å². The molecule has 6 nitrogen and oxygen atoms in total. The first-order valence-corrected chi connectivity index (χ1v) is 12.8. The molecule has 0 bridgehead atoms. The van der Waals surface area contributed by atoms with Gasteiger partial charge in [-0.3, -0.25) is 0 Å². The fourth-order valence-electron chi connectivity index (χ4n) is 4.19. The molecule has 0 spiro atoms. The van der Waals surface area contributed by atoms with Gasteiger partial charge in [-0.05, 0) is 41.0 Å². The number of hydrogen-bond donors (Lipinski definition) is 1. The highest BCUT2D eigenvalue weighted by molar-refractivity contribution is 7.89. The van der Waals surface area contributed by atoms with Gasteiger partial charge in [-0.15, -0.1) is 0 Å². The van der Waals surface area contributed by atoms with Crippen LogP contribution in [0.15, 0.2) is 108 Å². The summed E-state index contributed by atoms with van der Waals surface area (Å²) in [7, 11) is -2.18. The molecule has 1 heterocycles. The molecule has 5 rings (SSSR count). The van der Waals surface area contributed by atoms with E-state index in [-0.39, 0.29) is 11.4 Å². The number of ether oxygens (including phenoxy) is 2. The van der Waals surface area contributed by atoms with Crippen LogP contribution in [0.2, 0.25) is 0 Å². The van der Waals surface area contributed by atoms with Crippen molar-refractivity contribution in [3.8, 4) is 11.5 Å². The molecule has 4 aromatic rings. The third kappa shape index (κ3) is 4.73. The van der Waals surface area contributed by atoms with Gasteiger partial charge in [-0.25, -0.2) is 8.42 Å². The van der Waals surface area contributed by atoms with Crippen molar-refractivity contribution in [2.24, 2.45) is 0 Å². The van der Waals surface area contributed by atoms with E-state index < -0.39 is 16.2 Å². The normalized spacial score (nSPS) is 16.7. The summed E-state index contributed by atoms with van der Waals surface area (Å²) in [5.74, 6) is 1.13. The number of para-hydroxylation sites is 1. The van der Waals surface area contributed by atoms with Crippen LogP contribution >= 0.6 is 0 Å². The lowest BCUT2D eigenvalue weighted by atomic mass is 10.1. The summed E-state index contributed by atoms with van der Waals surface area (Å²) in [5.41, 5.74) is 3.27. The number of nitrogens with zero attached hydrogens (tertiary/aromatic N) is 1. The van der Waals surface area contributed by atoms with Gasteiger partial charge < -0.3 is 14.8 Å². The van der Waals surface area contributed by atoms with Gasteiger partial charge in [0.15, 0.2) is 11.5 Å². The zero-order valence-electron chi connectivity index (χ0n) is 19.3. The second kappa shape index (κ2) is 9.82. The lowest BCUT2D eigenvalue weighted by Crippen LogP contribution is -2.42. The van der Waals surface area contributed by atoms with Crippen molar-refractivity contribution in [2.45, 2.75) is 24.2 Å². The third-order valence-electron chi connectivity index (χ3n) is 5.98. The van der Waals surface area contributed by atoms with E-state index in [1.807, 2.05) is 84.9 Å². The molecular formula is C28H26N2O4S. The number of anilines is 1. The van der Waals surface area contributed by atoms with Crippen molar-refractivity contribution < 1.29 is 17.9 Å². The van der Waals surface area contributed by atoms with E-state index in [0.29, 0.717) is 23.8 Å². The summed E-state index contributed by atoms with van der Waals surface area (Å²) in [6, 6.07) is 32.0. The van der Waals surface area contributed by atoms with Crippen LogP contribution in [0.25, 0.3) is 0 Å².